The number of aliphatic hydroxyl groups excluding tert-OH is 1. The number of piperazine rings is 1. The summed E-state index contributed by atoms with van der Waals surface area (Å²) >= 11 is 0. The molecule has 1 aliphatic rings. The van der Waals surface area contributed by atoms with Gasteiger partial charge in [0.25, 0.3) is 0 Å². The molecule has 5 nitrogen and oxygen atoms in total. The zero-order valence-electron chi connectivity index (χ0n) is 11.8. The maximum Gasteiger partial charge on any atom is 0.401 e. The highest BCUT2D eigenvalue weighted by Crippen LogP contribution is 2.17. The molecule has 1 rings (SSSR count). The second-order valence-electron chi connectivity index (χ2n) is 5.04. The third-order valence-electron chi connectivity index (χ3n) is 3.20. The summed E-state index contributed by atoms with van der Waals surface area (Å²) in [5.41, 5.74) is 0. The third kappa shape index (κ3) is 8.01. The first kappa shape index (κ1) is 17.6. The number of rotatable bonds is 8. The summed E-state index contributed by atoms with van der Waals surface area (Å²) in [6.45, 7) is 3.27. The standard InChI is InChI=1S/C12H24F3N3O2/c1-20-7-2-16-8-11(19)9-17-3-5-18(6-4-17)10-12(13,14)15/h11,16,19H,2-10H2,1H3. The monoisotopic (exact) mass is 299 g/mol. The Morgan fingerprint density at radius 3 is 2.35 bits per heavy atom. The third-order valence-corrected chi connectivity index (χ3v) is 3.20. The topological polar surface area (TPSA) is 48.0 Å². The van der Waals surface area contributed by atoms with E-state index >= 15 is 0 Å². The predicted molar refractivity (Wildman–Crippen MR) is 69.7 cm³/mol. The smallest absolute Gasteiger partial charge is 0.390 e. The lowest BCUT2D eigenvalue weighted by Crippen LogP contribution is -2.51. The van der Waals surface area contributed by atoms with E-state index in [9.17, 15) is 18.3 Å². The van der Waals surface area contributed by atoms with Gasteiger partial charge in [-0.3, -0.25) is 9.80 Å². The van der Waals surface area contributed by atoms with Gasteiger partial charge in [0.15, 0.2) is 0 Å². The van der Waals surface area contributed by atoms with Crippen LogP contribution < -0.4 is 5.32 Å². The number of halogens is 3. The van der Waals surface area contributed by atoms with Crippen LogP contribution in [0.5, 0.6) is 0 Å². The molecule has 1 fully saturated rings. The first-order valence-electron chi connectivity index (χ1n) is 6.80. The van der Waals surface area contributed by atoms with Crippen LogP contribution in [0, 0.1) is 0 Å². The van der Waals surface area contributed by atoms with Crippen LogP contribution in [0.4, 0.5) is 13.2 Å². The highest BCUT2D eigenvalue weighted by Gasteiger charge is 2.32. The second kappa shape index (κ2) is 8.78. The largest absolute Gasteiger partial charge is 0.401 e. The summed E-state index contributed by atoms with van der Waals surface area (Å²) in [5.74, 6) is 0. The molecule has 0 bridgehead atoms. The maximum absolute atomic E-state index is 12.2. The molecule has 2 N–H and O–H groups in total. The zero-order chi connectivity index (χ0) is 15.0. The van der Waals surface area contributed by atoms with Gasteiger partial charge in [0.1, 0.15) is 0 Å². The van der Waals surface area contributed by atoms with Crippen molar-refractivity contribution in [2.45, 2.75) is 12.3 Å². The van der Waals surface area contributed by atoms with Crippen LogP contribution in [0.1, 0.15) is 0 Å². The van der Waals surface area contributed by atoms with E-state index in [4.69, 9.17) is 4.74 Å². The molecule has 120 valence electrons. The number of alkyl halides is 3. The fourth-order valence-corrected chi connectivity index (χ4v) is 2.19. The van der Waals surface area contributed by atoms with Gasteiger partial charge in [-0.25, -0.2) is 0 Å². The summed E-state index contributed by atoms with van der Waals surface area (Å²) in [4.78, 5) is 3.40. The average molecular weight is 299 g/mol. The summed E-state index contributed by atoms with van der Waals surface area (Å²) in [6, 6.07) is 0. The van der Waals surface area contributed by atoms with Crippen LogP contribution in [0.3, 0.4) is 0 Å². The number of hydrogen-bond donors (Lipinski definition) is 2. The summed E-state index contributed by atoms with van der Waals surface area (Å²) in [7, 11) is 1.61. The molecular weight excluding hydrogens is 275 g/mol. The molecule has 0 aromatic heterocycles. The zero-order valence-corrected chi connectivity index (χ0v) is 11.8. The lowest BCUT2D eigenvalue weighted by Gasteiger charge is -2.35. The van der Waals surface area contributed by atoms with E-state index in [2.05, 4.69) is 5.32 Å². The minimum Gasteiger partial charge on any atom is -0.390 e. The molecule has 0 aliphatic carbocycles. The molecule has 1 saturated heterocycles. The minimum atomic E-state index is -4.13. The van der Waals surface area contributed by atoms with Gasteiger partial charge in [-0.2, -0.15) is 13.2 Å². The van der Waals surface area contributed by atoms with E-state index in [1.165, 1.54) is 4.90 Å². The van der Waals surface area contributed by atoms with Crippen LogP contribution >= 0.6 is 0 Å². The fraction of sp³-hybridized carbons (Fsp3) is 1.00. The van der Waals surface area contributed by atoms with Gasteiger partial charge in [0, 0.05) is 52.9 Å². The van der Waals surface area contributed by atoms with E-state index in [0.717, 1.165) is 0 Å². The Morgan fingerprint density at radius 1 is 1.20 bits per heavy atom. The first-order valence-corrected chi connectivity index (χ1v) is 6.80. The highest BCUT2D eigenvalue weighted by atomic mass is 19.4. The van der Waals surface area contributed by atoms with Crippen LogP contribution in [-0.4, -0.2) is 93.3 Å². The normalized spacial score (nSPS) is 20.2. The highest BCUT2D eigenvalue weighted by molar-refractivity contribution is 4.76. The van der Waals surface area contributed by atoms with Crippen molar-refractivity contribution in [2.24, 2.45) is 0 Å². The Balaban J connectivity index is 2.12. The van der Waals surface area contributed by atoms with Crippen molar-refractivity contribution in [3.63, 3.8) is 0 Å². The minimum absolute atomic E-state index is 0.392. The Hall–Kier alpha value is -0.410. The van der Waals surface area contributed by atoms with Gasteiger partial charge < -0.3 is 15.2 Å². The molecule has 20 heavy (non-hydrogen) atoms. The molecule has 1 atom stereocenters. The number of methoxy groups -OCH3 is 1. The Bertz CT molecular complexity index is 259. The summed E-state index contributed by atoms with van der Waals surface area (Å²) < 4.78 is 41.6. The number of nitrogens with one attached hydrogen (secondary N) is 1. The fourth-order valence-electron chi connectivity index (χ4n) is 2.19. The molecular formula is C12H24F3N3O2. The molecule has 0 spiro atoms. The molecule has 0 aromatic carbocycles. The lowest BCUT2D eigenvalue weighted by molar-refractivity contribution is -0.149. The molecule has 1 heterocycles. The lowest BCUT2D eigenvalue weighted by atomic mass is 10.2. The van der Waals surface area contributed by atoms with Crippen molar-refractivity contribution in [3.8, 4) is 0 Å². The molecule has 0 amide bonds. The van der Waals surface area contributed by atoms with Crippen molar-refractivity contribution in [1.82, 2.24) is 15.1 Å². The summed E-state index contributed by atoms with van der Waals surface area (Å²) in [6.07, 6.45) is -4.64. The van der Waals surface area contributed by atoms with Gasteiger partial charge in [0.2, 0.25) is 0 Å². The molecule has 0 aromatic rings. The maximum atomic E-state index is 12.2. The first-order chi connectivity index (χ1) is 9.40. The number of hydrogen-bond acceptors (Lipinski definition) is 5. The van der Waals surface area contributed by atoms with E-state index < -0.39 is 18.8 Å². The molecule has 0 saturated carbocycles. The van der Waals surface area contributed by atoms with Crippen molar-refractivity contribution in [1.29, 1.82) is 0 Å². The van der Waals surface area contributed by atoms with E-state index in [-0.39, 0.29) is 0 Å². The Kier molecular flexibility index (Phi) is 7.75. The van der Waals surface area contributed by atoms with Crippen LogP contribution in [0.2, 0.25) is 0 Å². The number of nitrogens with zero attached hydrogens (tertiary/aromatic N) is 2. The van der Waals surface area contributed by atoms with Crippen molar-refractivity contribution in [3.05, 3.63) is 0 Å². The molecule has 0 radical (unpaired) electrons. The van der Waals surface area contributed by atoms with Gasteiger partial charge in [-0.15, -0.1) is 0 Å². The van der Waals surface area contributed by atoms with E-state index in [1.54, 1.807) is 7.11 Å². The molecule has 8 heteroatoms. The van der Waals surface area contributed by atoms with Crippen LogP contribution in [-0.2, 0) is 4.74 Å². The summed E-state index contributed by atoms with van der Waals surface area (Å²) in [5, 5.41) is 12.9. The van der Waals surface area contributed by atoms with Gasteiger partial charge in [0.05, 0.1) is 19.3 Å². The van der Waals surface area contributed by atoms with Gasteiger partial charge in [-0.1, -0.05) is 0 Å². The predicted octanol–water partition coefficient (Wildman–Crippen LogP) is -0.237. The number of aliphatic hydroxyl groups is 1. The van der Waals surface area contributed by atoms with Gasteiger partial charge >= 0.3 is 6.18 Å². The SMILES string of the molecule is COCCNCC(O)CN1CCN(CC(F)(F)F)CC1. The molecule has 1 unspecified atom stereocenters. The van der Waals surface area contributed by atoms with Crippen molar-refractivity contribution in [2.75, 3.05) is 66.1 Å². The van der Waals surface area contributed by atoms with Gasteiger partial charge in [-0.05, 0) is 0 Å². The van der Waals surface area contributed by atoms with E-state index in [1.807, 2.05) is 4.90 Å². The van der Waals surface area contributed by atoms with Crippen molar-refractivity contribution < 1.29 is 23.0 Å². The van der Waals surface area contributed by atoms with Crippen LogP contribution in [0.15, 0.2) is 0 Å². The van der Waals surface area contributed by atoms with Crippen LogP contribution in [0.25, 0.3) is 0 Å². The molecule has 1 aliphatic heterocycles. The van der Waals surface area contributed by atoms with Crippen molar-refractivity contribution >= 4 is 0 Å². The Morgan fingerprint density at radius 2 is 1.80 bits per heavy atom. The Labute approximate surface area is 117 Å². The quantitative estimate of drug-likeness (QED) is 0.606. The van der Waals surface area contributed by atoms with E-state index in [0.29, 0.717) is 52.4 Å². The average Bonchev–Trinajstić information content (AvgIpc) is 2.35. The number of β-amino-alcohol motifs (C(OH)–C–C–N with tert-alkyl or cyclic N) is 1. The second-order valence-corrected chi connectivity index (χ2v) is 5.04. The number of ether oxygens (including phenoxy) is 1.